The number of hydrogen-bond donors (Lipinski definition) is 2. The minimum atomic E-state index is -0.441. The summed E-state index contributed by atoms with van der Waals surface area (Å²) in [5, 5.41) is 16.6. The van der Waals surface area contributed by atoms with Gasteiger partial charge in [-0.05, 0) is 49.2 Å². The summed E-state index contributed by atoms with van der Waals surface area (Å²) in [4.78, 5) is 35.8. The van der Waals surface area contributed by atoms with Gasteiger partial charge in [-0.3, -0.25) is 19.7 Å². The number of rotatable bonds is 8. The second kappa shape index (κ2) is 8.98. The Balaban J connectivity index is 1.39. The average molecular weight is 382 g/mol. The van der Waals surface area contributed by atoms with E-state index in [9.17, 15) is 19.7 Å². The second-order valence-corrected chi connectivity index (χ2v) is 6.58. The van der Waals surface area contributed by atoms with Crippen LogP contribution in [0.3, 0.4) is 0 Å². The molecule has 28 heavy (non-hydrogen) atoms. The van der Waals surface area contributed by atoms with Crippen molar-refractivity contribution >= 4 is 34.6 Å². The van der Waals surface area contributed by atoms with Gasteiger partial charge in [-0.25, -0.2) is 0 Å². The number of nitrogens with one attached hydrogen (secondary N) is 2. The summed E-state index contributed by atoms with van der Waals surface area (Å²) in [5.74, 6) is 0.0489. The molecule has 1 heterocycles. The number of hydrogen-bond acceptors (Lipinski definition) is 5. The van der Waals surface area contributed by atoms with Gasteiger partial charge in [0.05, 0.1) is 4.92 Å². The summed E-state index contributed by atoms with van der Waals surface area (Å²) in [5.41, 5.74) is 2.37. The molecule has 0 unspecified atom stereocenters. The summed E-state index contributed by atoms with van der Waals surface area (Å²) < 4.78 is 0. The van der Waals surface area contributed by atoms with Crippen molar-refractivity contribution in [1.82, 2.24) is 0 Å². The minimum Gasteiger partial charge on any atom is -0.385 e. The van der Waals surface area contributed by atoms with Gasteiger partial charge in [0.15, 0.2) is 0 Å². The first-order valence-corrected chi connectivity index (χ1v) is 9.21. The van der Waals surface area contributed by atoms with E-state index >= 15 is 0 Å². The number of nitro groups is 1. The van der Waals surface area contributed by atoms with Crippen molar-refractivity contribution in [3.63, 3.8) is 0 Å². The lowest BCUT2D eigenvalue weighted by Gasteiger charge is -2.16. The first-order valence-electron chi connectivity index (χ1n) is 9.21. The van der Waals surface area contributed by atoms with E-state index in [0.29, 0.717) is 31.5 Å². The number of carbonyl (C=O) groups excluding carboxylic acids is 2. The van der Waals surface area contributed by atoms with Gasteiger partial charge in [-0.2, -0.15) is 0 Å². The lowest BCUT2D eigenvalue weighted by Crippen LogP contribution is -2.23. The molecule has 0 spiro atoms. The summed E-state index contributed by atoms with van der Waals surface area (Å²) in [6.07, 6.45) is 2.45. The number of benzene rings is 2. The first-order chi connectivity index (χ1) is 13.5. The van der Waals surface area contributed by atoms with Crippen LogP contribution in [0.1, 0.15) is 25.7 Å². The van der Waals surface area contributed by atoms with Crippen LogP contribution in [0.2, 0.25) is 0 Å². The molecule has 2 aromatic rings. The maximum Gasteiger partial charge on any atom is 0.269 e. The van der Waals surface area contributed by atoms with E-state index in [0.717, 1.165) is 24.3 Å². The summed E-state index contributed by atoms with van der Waals surface area (Å²) in [7, 11) is 0. The molecule has 0 bridgehead atoms. The Morgan fingerprint density at radius 1 is 1.07 bits per heavy atom. The normalized spacial score (nSPS) is 13.4. The van der Waals surface area contributed by atoms with Crippen LogP contribution in [-0.2, 0) is 9.59 Å². The molecule has 0 atom stereocenters. The highest BCUT2D eigenvalue weighted by Gasteiger charge is 2.21. The van der Waals surface area contributed by atoms with Crippen molar-refractivity contribution in [3.8, 4) is 0 Å². The predicted octanol–water partition coefficient (Wildman–Crippen LogP) is 3.55. The summed E-state index contributed by atoms with van der Waals surface area (Å²) >= 11 is 0. The molecule has 8 heteroatoms. The second-order valence-electron chi connectivity index (χ2n) is 6.58. The van der Waals surface area contributed by atoms with Crippen LogP contribution in [0.15, 0.2) is 48.5 Å². The van der Waals surface area contributed by atoms with Gasteiger partial charge in [0, 0.05) is 55.1 Å². The minimum absolute atomic E-state index is 0.0463. The fourth-order valence-electron chi connectivity index (χ4n) is 3.05. The highest BCUT2D eigenvalue weighted by Crippen LogP contribution is 2.23. The molecule has 2 aromatic carbocycles. The third kappa shape index (κ3) is 5.06. The number of nitrogens with zero attached hydrogens (tertiary/aromatic N) is 2. The van der Waals surface area contributed by atoms with Gasteiger partial charge in [-0.15, -0.1) is 0 Å². The van der Waals surface area contributed by atoms with Crippen LogP contribution in [0.5, 0.6) is 0 Å². The Kier molecular flexibility index (Phi) is 6.21. The number of anilines is 3. The van der Waals surface area contributed by atoms with E-state index in [2.05, 4.69) is 10.6 Å². The molecule has 0 radical (unpaired) electrons. The van der Waals surface area contributed by atoms with Crippen LogP contribution >= 0.6 is 0 Å². The van der Waals surface area contributed by atoms with Crippen molar-refractivity contribution in [2.75, 3.05) is 28.6 Å². The Morgan fingerprint density at radius 2 is 1.75 bits per heavy atom. The zero-order chi connectivity index (χ0) is 19.9. The molecule has 1 aliphatic heterocycles. The molecular weight excluding hydrogens is 360 g/mol. The number of non-ortho nitro benzene ring substituents is 1. The van der Waals surface area contributed by atoms with Crippen molar-refractivity contribution in [1.29, 1.82) is 0 Å². The Bertz CT molecular complexity index is 850. The van der Waals surface area contributed by atoms with E-state index in [4.69, 9.17) is 0 Å². The molecule has 1 saturated heterocycles. The maximum absolute atomic E-state index is 12.1. The van der Waals surface area contributed by atoms with Crippen molar-refractivity contribution in [2.45, 2.75) is 25.7 Å². The molecule has 3 rings (SSSR count). The van der Waals surface area contributed by atoms with E-state index in [1.807, 2.05) is 12.1 Å². The number of nitro benzene ring substituents is 1. The lowest BCUT2D eigenvalue weighted by molar-refractivity contribution is -0.384. The molecule has 1 aliphatic rings. The van der Waals surface area contributed by atoms with Gasteiger partial charge >= 0.3 is 0 Å². The predicted molar refractivity (Wildman–Crippen MR) is 107 cm³/mol. The molecule has 0 aliphatic carbocycles. The summed E-state index contributed by atoms with van der Waals surface area (Å²) in [6.45, 7) is 1.33. The Labute approximate surface area is 162 Å². The van der Waals surface area contributed by atoms with Crippen molar-refractivity contribution < 1.29 is 14.5 Å². The fraction of sp³-hybridized carbons (Fsp3) is 0.300. The van der Waals surface area contributed by atoms with Crippen LogP contribution in [-0.4, -0.2) is 29.8 Å². The number of carbonyl (C=O) groups is 2. The van der Waals surface area contributed by atoms with Crippen LogP contribution in [0.25, 0.3) is 0 Å². The first kappa shape index (κ1) is 19.3. The standard InChI is InChI=1S/C20H22N4O4/c25-19(3-1-13-21-15-5-11-18(12-6-15)24(27)28)22-16-7-9-17(10-8-16)23-14-2-4-20(23)26/h5-12,21H,1-4,13-14H2,(H,22,25). The smallest absolute Gasteiger partial charge is 0.269 e. The van der Waals surface area contributed by atoms with E-state index in [-0.39, 0.29) is 17.5 Å². The van der Waals surface area contributed by atoms with Crippen LogP contribution in [0, 0.1) is 10.1 Å². The van der Waals surface area contributed by atoms with E-state index in [1.165, 1.54) is 12.1 Å². The lowest BCUT2D eigenvalue weighted by atomic mass is 10.2. The molecule has 146 valence electrons. The molecule has 0 saturated carbocycles. The van der Waals surface area contributed by atoms with Gasteiger partial charge in [-0.1, -0.05) is 0 Å². The molecule has 1 fully saturated rings. The monoisotopic (exact) mass is 382 g/mol. The van der Waals surface area contributed by atoms with Gasteiger partial charge in [0.1, 0.15) is 0 Å². The van der Waals surface area contributed by atoms with Gasteiger partial charge < -0.3 is 15.5 Å². The Morgan fingerprint density at radius 3 is 2.36 bits per heavy atom. The van der Waals surface area contributed by atoms with Gasteiger partial charge in [0.25, 0.3) is 5.69 Å². The Hall–Kier alpha value is -3.42. The third-order valence-corrected chi connectivity index (χ3v) is 4.52. The highest BCUT2D eigenvalue weighted by molar-refractivity contribution is 5.96. The van der Waals surface area contributed by atoms with Crippen molar-refractivity contribution in [3.05, 3.63) is 58.6 Å². The van der Waals surface area contributed by atoms with E-state index in [1.54, 1.807) is 29.2 Å². The molecule has 2 amide bonds. The van der Waals surface area contributed by atoms with E-state index < -0.39 is 4.92 Å². The average Bonchev–Trinajstić information content (AvgIpc) is 3.12. The molecular formula is C20H22N4O4. The molecule has 8 nitrogen and oxygen atoms in total. The third-order valence-electron chi connectivity index (χ3n) is 4.52. The summed E-state index contributed by atoms with van der Waals surface area (Å²) in [6, 6.07) is 13.4. The van der Waals surface area contributed by atoms with Crippen LogP contribution in [0.4, 0.5) is 22.7 Å². The molecule has 0 aromatic heterocycles. The largest absolute Gasteiger partial charge is 0.385 e. The molecule has 2 N–H and O–H groups in total. The maximum atomic E-state index is 12.1. The zero-order valence-electron chi connectivity index (χ0n) is 15.4. The van der Waals surface area contributed by atoms with Gasteiger partial charge in [0.2, 0.25) is 11.8 Å². The number of amides is 2. The van der Waals surface area contributed by atoms with Crippen molar-refractivity contribution in [2.24, 2.45) is 0 Å². The topological polar surface area (TPSA) is 105 Å². The SMILES string of the molecule is O=C(CCCNc1ccc([N+](=O)[O-])cc1)Nc1ccc(N2CCCC2=O)cc1. The zero-order valence-corrected chi connectivity index (χ0v) is 15.4. The highest BCUT2D eigenvalue weighted by atomic mass is 16.6. The quantitative estimate of drug-likeness (QED) is 0.413. The van der Waals surface area contributed by atoms with Crippen LogP contribution < -0.4 is 15.5 Å². The fourth-order valence-corrected chi connectivity index (χ4v) is 3.05.